The Morgan fingerprint density at radius 1 is 1.17 bits per heavy atom. The Kier molecular flexibility index (Phi) is 6.10. The van der Waals surface area contributed by atoms with E-state index in [-0.39, 0.29) is 52.8 Å². The minimum Gasteiger partial charge on any atom is -0.481 e. The number of piperidine rings is 1. The standard InChI is InChI=1S/C24H23F3N6O3/c1-36-21-7-15(17(27)11-29-21)18-8-19(32-31-18)23(35)33-5-2-13(9-24(33)3-4-24)22(34)30-12-20-16(26)6-14(25)10-28-20/h6-8,10-11,13H,2-5,9,12H2,1H3,(H,30,34)(H,31,32). The average molecular weight is 500 g/mol. The number of carbonyl (C=O) groups excluding carboxylic acids is 2. The lowest BCUT2D eigenvalue weighted by atomic mass is 9.88. The van der Waals surface area contributed by atoms with E-state index >= 15 is 0 Å². The molecule has 1 unspecified atom stereocenters. The molecule has 4 heterocycles. The van der Waals surface area contributed by atoms with Crippen LogP contribution in [0, 0.1) is 23.4 Å². The van der Waals surface area contributed by atoms with E-state index < -0.39 is 23.0 Å². The van der Waals surface area contributed by atoms with Crippen LogP contribution in [-0.4, -0.2) is 56.1 Å². The fraction of sp³-hybridized carbons (Fsp3) is 0.375. The van der Waals surface area contributed by atoms with Crippen LogP contribution in [0.15, 0.2) is 30.6 Å². The van der Waals surface area contributed by atoms with Crippen molar-refractivity contribution in [1.29, 1.82) is 0 Å². The summed E-state index contributed by atoms with van der Waals surface area (Å²) in [7, 11) is 1.42. The van der Waals surface area contributed by atoms with E-state index in [1.54, 1.807) is 4.90 Å². The van der Waals surface area contributed by atoms with Crippen LogP contribution in [0.5, 0.6) is 5.88 Å². The molecule has 188 valence electrons. The van der Waals surface area contributed by atoms with Gasteiger partial charge in [-0.05, 0) is 31.7 Å². The summed E-state index contributed by atoms with van der Waals surface area (Å²) >= 11 is 0. The number of likely N-dealkylation sites (tertiary alicyclic amines) is 1. The molecule has 1 atom stereocenters. The van der Waals surface area contributed by atoms with Crippen LogP contribution in [0.25, 0.3) is 11.3 Å². The first kappa shape index (κ1) is 23.8. The molecule has 2 aliphatic rings. The van der Waals surface area contributed by atoms with Gasteiger partial charge >= 0.3 is 0 Å². The van der Waals surface area contributed by atoms with Crippen LogP contribution in [0.3, 0.4) is 0 Å². The van der Waals surface area contributed by atoms with E-state index in [1.807, 2.05) is 0 Å². The van der Waals surface area contributed by atoms with Gasteiger partial charge in [-0.15, -0.1) is 0 Å². The van der Waals surface area contributed by atoms with Gasteiger partial charge in [0.05, 0.1) is 37.4 Å². The van der Waals surface area contributed by atoms with Gasteiger partial charge in [-0.1, -0.05) is 0 Å². The number of aromatic nitrogens is 4. The molecule has 12 heteroatoms. The predicted molar refractivity (Wildman–Crippen MR) is 120 cm³/mol. The highest BCUT2D eigenvalue weighted by Gasteiger charge is 2.54. The monoisotopic (exact) mass is 500 g/mol. The molecule has 1 saturated heterocycles. The zero-order valence-electron chi connectivity index (χ0n) is 19.4. The largest absolute Gasteiger partial charge is 0.481 e. The molecular weight excluding hydrogens is 477 g/mol. The van der Waals surface area contributed by atoms with Crippen LogP contribution in [0.4, 0.5) is 13.2 Å². The van der Waals surface area contributed by atoms with Gasteiger partial charge in [0.2, 0.25) is 11.8 Å². The second kappa shape index (κ2) is 9.25. The molecule has 36 heavy (non-hydrogen) atoms. The lowest BCUT2D eigenvalue weighted by Crippen LogP contribution is -2.50. The van der Waals surface area contributed by atoms with E-state index in [0.717, 1.165) is 31.3 Å². The van der Waals surface area contributed by atoms with Gasteiger partial charge in [0.25, 0.3) is 5.91 Å². The summed E-state index contributed by atoms with van der Waals surface area (Å²) in [5.41, 5.74) is 0.134. The van der Waals surface area contributed by atoms with Crippen molar-refractivity contribution in [3.05, 3.63) is 59.4 Å². The van der Waals surface area contributed by atoms with Crippen molar-refractivity contribution >= 4 is 11.8 Å². The summed E-state index contributed by atoms with van der Waals surface area (Å²) in [6.07, 6.45) is 4.34. The van der Waals surface area contributed by atoms with Gasteiger partial charge in [-0.25, -0.2) is 18.2 Å². The van der Waals surface area contributed by atoms with E-state index in [2.05, 4.69) is 25.5 Å². The fourth-order valence-electron chi connectivity index (χ4n) is 4.68. The second-order valence-corrected chi connectivity index (χ2v) is 9.04. The minimum atomic E-state index is -0.821. The normalized spacial score (nSPS) is 18.2. The number of carbonyl (C=O) groups is 2. The maximum Gasteiger partial charge on any atom is 0.272 e. The number of halogens is 3. The van der Waals surface area contributed by atoms with Gasteiger partial charge in [-0.3, -0.25) is 19.7 Å². The molecule has 3 aromatic heterocycles. The molecule has 2 fully saturated rings. The predicted octanol–water partition coefficient (Wildman–Crippen LogP) is 2.99. The third kappa shape index (κ3) is 4.50. The third-order valence-electron chi connectivity index (χ3n) is 6.78. The molecule has 0 bridgehead atoms. The van der Waals surface area contributed by atoms with Crippen LogP contribution in [0.1, 0.15) is 41.9 Å². The molecule has 2 N–H and O–H groups in total. The first-order chi connectivity index (χ1) is 17.3. The molecule has 1 aliphatic carbocycles. The molecule has 0 aromatic carbocycles. The molecule has 2 amide bonds. The quantitative estimate of drug-likeness (QED) is 0.538. The Morgan fingerprint density at radius 3 is 2.69 bits per heavy atom. The maximum absolute atomic E-state index is 14.3. The number of methoxy groups -OCH3 is 1. The van der Waals surface area contributed by atoms with Crippen LogP contribution >= 0.6 is 0 Å². The first-order valence-corrected chi connectivity index (χ1v) is 11.4. The van der Waals surface area contributed by atoms with Crippen molar-refractivity contribution in [2.24, 2.45) is 5.92 Å². The SMILES string of the molecule is COc1cc(-c2cc(C(=O)N3CCC(C(=O)NCc4ncc(F)cc4F)CC34CC4)[nH]n2)c(F)cn1. The summed E-state index contributed by atoms with van der Waals surface area (Å²) in [5.74, 6) is -2.87. The molecule has 3 aromatic rings. The van der Waals surface area contributed by atoms with E-state index in [1.165, 1.54) is 19.2 Å². The number of pyridine rings is 2. The topological polar surface area (TPSA) is 113 Å². The Hall–Kier alpha value is -3.96. The van der Waals surface area contributed by atoms with Crippen molar-refractivity contribution in [2.75, 3.05) is 13.7 Å². The number of nitrogens with zero attached hydrogens (tertiary/aromatic N) is 4. The van der Waals surface area contributed by atoms with Gasteiger partial charge in [-0.2, -0.15) is 5.10 Å². The highest BCUT2D eigenvalue weighted by atomic mass is 19.1. The summed E-state index contributed by atoms with van der Waals surface area (Å²) < 4.78 is 46.2. The van der Waals surface area contributed by atoms with E-state index in [4.69, 9.17) is 4.74 Å². The number of hydrogen-bond acceptors (Lipinski definition) is 6. The molecule has 1 aliphatic heterocycles. The Bertz CT molecular complexity index is 1330. The van der Waals surface area contributed by atoms with Crippen molar-refractivity contribution in [3.63, 3.8) is 0 Å². The number of amides is 2. The molecular formula is C24H23F3N6O3. The smallest absolute Gasteiger partial charge is 0.272 e. The average Bonchev–Trinajstić information content (AvgIpc) is 3.44. The van der Waals surface area contributed by atoms with Crippen LogP contribution < -0.4 is 10.1 Å². The Labute approximate surface area is 204 Å². The zero-order valence-corrected chi connectivity index (χ0v) is 19.4. The molecule has 5 rings (SSSR count). The number of ether oxygens (including phenoxy) is 1. The lowest BCUT2D eigenvalue weighted by molar-refractivity contribution is -0.127. The van der Waals surface area contributed by atoms with Gasteiger partial charge in [0.15, 0.2) is 5.82 Å². The van der Waals surface area contributed by atoms with Crippen LogP contribution in [-0.2, 0) is 11.3 Å². The number of H-pyrrole nitrogens is 1. The third-order valence-corrected chi connectivity index (χ3v) is 6.78. The van der Waals surface area contributed by atoms with Crippen molar-refractivity contribution in [3.8, 4) is 17.1 Å². The van der Waals surface area contributed by atoms with Crippen molar-refractivity contribution < 1.29 is 27.5 Å². The van der Waals surface area contributed by atoms with Gasteiger partial charge in [0, 0.05) is 35.7 Å². The minimum absolute atomic E-state index is 0.0446. The molecule has 1 spiro atoms. The Balaban J connectivity index is 1.24. The highest BCUT2D eigenvalue weighted by molar-refractivity contribution is 5.94. The summed E-state index contributed by atoms with van der Waals surface area (Å²) in [6.45, 7) is 0.205. The number of rotatable bonds is 6. The second-order valence-electron chi connectivity index (χ2n) is 9.04. The maximum atomic E-state index is 14.3. The van der Waals surface area contributed by atoms with E-state index in [9.17, 15) is 22.8 Å². The Morgan fingerprint density at radius 2 is 1.97 bits per heavy atom. The summed E-state index contributed by atoms with van der Waals surface area (Å²) in [5, 5.41) is 9.46. The van der Waals surface area contributed by atoms with Crippen LogP contribution in [0.2, 0.25) is 0 Å². The molecule has 0 radical (unpaired) electrons. The summed E-state index contributed by atoms with van der Waals surface area (Å²) in [6, 6.07) is 3.61. The van der Waals surface area contributed by atoms with Gasteiger partial charge in [0.1, 0.15) is 17.3 Å². The number of hydrogen-bond donors (Lipinski definition) is 2. The number of aromatic amines is 1. The van der Waals surface area contributed by atoms with E-state index in [0.29, 0.717) is 19.4 Å². The summed E-state index contributed by atoms with van der Waals surface area (Å²) in [4.78, 5) is 35.3. The van der Waals surface area contributed by atoms with Crippen molar-refractivity contribution in [2.45, 2.75) is 37.8 Å². The highest BCUT2D eigenvalue weighted by Crippen LogP contribution is 2.50. The van der Waals surface area contributed by atoms with Crippen molar-refractivity contribution in [1.82, 2.24) is 30.4 Å². The molecule has 1 saturated carbocycles. The lowest BCUT2D eigenvalue weighted by Gasteiger charge is -2.39. The zero-order chi connectivity index (χ0) is 25.4. The van der Waals surface area contributed by atoms with Gasteiger partial charge < -0.3 is 15.0 Å². The fourth-order valence-corrected chi connectivity index (χ4v) is 4.68. The number of nitrogens with one attached hydrogen (secondary N) is 2. The first-order valence-electron chi connectivity index (χ1n) is 11.4. The molecule has 9 nitrogen and oxygen atoms in total.